The Balaban J connectivity index is 2.02. The van der Waals surface area contributed by atoms with Gasteiger partial charge in [-0.15, -0.1) is 0 Å². The van der Waals surface area contributed by atoms with Gasteiger partial charge in [0.2, 0.25) is 5.91 Å². The molecule has 0 heterocycles. The largest absolute Gasteiger partial charge is 0.481 e. The van der Waals surface area contributed by atoms with Gasteiger partial charge in [0.25, 0.3) is 5.91 Å². The molecule has 0 saturated heterocycles. The SMILES string of the molecule is CCC(=O)Nc1cccc(C(=O)NCC2(C(=O)O)CCCCC2)c1. The van der Waals surface area contributed by atoms with E-state index in [1.54, 1.807) is 31.2 Å². The number of rotatable bonds is 6. The molecular weight excluding hydrogens is 308 g/mol. The van der Waals surface area contributed by atoms with E-state index in [2.05, 4.69) is 10.6 Å². The molecular formula is C18H24N2O4. The number of hydrogen-bond acceptors (Lipinski definition) is 3. The van der Waals surface area contributed by atoms with Crippen LogP contribution in [0.15, 0.2) is 24.3 Å². The summed E-state index contributed by atoms with van der Waals surface area (Å²) in [6.45, 7) is 1.88. The van der Waals surface area contributed by atoms with E-state index >= 15 is 0 Å². The topological polar surface area (TPSA) is 95.5 Å². The van der Waals surface area contributed by atoms with E-state index in [4.69, 9.17) is 0 Å². The molecule has 1 aromatic rings. The maximum absolute atomic E-state index is 12.3. The van der Waals surface area contributed by atoms with E-state index < -0.39 is 11.4 Å². The summed E-state index contributed by atoms with van der Waals surface area (Å²) in [6.07, 6.45) is 4.34. The van der Waals surface area contributed by atoms with Crippen molar-refractivity contribution < 1.29 is 19.5 Å². The molecule has 1 saturated carbocycles. The van der Waals surface area contributed by atoms with Crippen LogP contribution >= 0.6 is 0 Å². The third-order valence-corrected chi connectivity index (χ3v) is 4.58. The third-order valence-electron chi connectivity index (χ3n) is 4.58. The lowest BCUT2D eigenvalue weighted by Crippen LogP contribution is -2.44. The highest BCUT2D eigenvalue weighted by Crippen LogP contribution is 2.36. The average molecular weight is 332 g/mol. The summed E-state index contributed by atoms with van der Waals surface area (Å²) in [5, 5.41) is 15.0. The number of aliphatic carboxylic acids is 1. The van der Waals surface area contributed by atoms with Gasteiger partial charge in [-0.3, -0.25) is 14.4 Å². The molecule has 3 N–H and O–H groups in total. The van der Waals surface area contributed by atoms with Crippen LogP contribution in [0.5, 0.6) is 0 Å². The molecule has 1 aromatic carbocycles. The number of carbonyl (C=O) groups is 3. The number of carboxylic acids is 1. The van der Waals surface area contributed by atoms with Gasteiger partial charge in [-0.2, -0.15) is 0 Å². The number of nitrogens with one attached hydrogen (secondary N) is 2. The molecule has 0 aromatic heterocycles. The minimum Gasteiger partial charge on any atom is -0.481 e. The van der Waals surface area contributed by atoms with Crippen LogP contribution in [-0.4, -0.2) is 29.4 Å². The van der Waals surface area contributed by atoms with Crippen molar-refractivity contribution in [2.45, 2.75) is 45.4 Å². The van der Waals surface area contributed by atoms with E-state index in [1.165, 1.54) is 0 Å². The van der Waals surface area contributed by atoms with Gasteiger partial charge >= 0.3 is 5.97 Å². The second-order valence-corrected chi connectivity index (χ2v) is 6.31. The first-order valence-electron chi connectivity index (χ1n) is 8.38. The number of carboxylic acid groups (broad SMARTS) is 1. The van der Waals surface area contributed by atoms with Crippen molar-refractivity contribution in [3.8, 4) is 0 Å². The normalized spacial score (nSPS) is 16.2. The monoisotopic (exact) mass is 332 g/mol. The van der Waals surface area contributed by atoms with Gasteiger partial charge in [0.15, 0.2) is 0 Å². The molecule has 0 spiro atoms. The van der Waals surface area contributed by atoms with Crippen molar-refractivity contribution in [1.29, 1.82) is 0 Å². The minimum absolute atomic E-state index is 0.125. The highest BCUT2D eigenvalue weighted by Gasteiger charge is 2.39. The molecule has 0 unspecified atom stereocenters. The maximum Gasteiger partial charge on any atom is 0.311 e. The molecule has 1 aliphatic carbocycles. The Bertz CT molecular complexity index is 621. The molecule has 1 fully saturated rings. The number of benzene rings is 1. The van der Waals surface area contributed by atoms with Crippen LogP contribution in [0, 0.1) is 5.41 Å². The van der Waals surface area contributed by atoms with Crippen LogP contribution in [0.2, 0.25) is 0 Å². The van der Waals surface area contributed by atoms with E-state index in [1.807, 2.05) is 0 Å². The maximum atomic E-state index is 12.3. The van der Waals surface area contributed by atoms with Gasteiger partial charge in [-0.05, 0) is 31.0 Å². The summed E-state index contributed by atoms with van der Waals surface area (Å²) in [5.41, 5.74) is 0.0995. The van der Waals surface area contributed by atoms with Crippen LogP contribution < -0.4 is 10.6 Å². The molecule has 1 aliphatic rings. The highest BCUT2D eigenvalue weighted by molar-refractivity contribution is 5.97. The summed E-state index contributed by atoms with van der Waals surface area (Å²) in [4.78, 5) is 35.4. The quantitative estimate of drug-likeness (QED) is 0.746. The Hall–Kier alpha value is -2.37. The second-order valence-electron chi connectivity index (χ2n) is 6.31. The van der Waals surface area contributed by atoms with Crippen molar-refractivity contribution in [2.75, 3.05) is 11.9 Å². The first-order valence-corrected chi connectivity index (χ1v) is 8.38. The lowest BCUT2D eigenvalue weighted by atomic mass is 9.74. The van der Waals surface area contributed by atoms with Crippen LogP contribution in [-0.2, 0) is 9.59 Å². The predicted octanol–water partition coefficient (Wildman–Crippen LogP) is 2.80. The molecule has 0 radical (unpaired) electrons. The number of amides is 2. The highest BCUT2D eigenvalue weighted by atomic mass is 16.4. The second kappa shape index (κ2) is 7.95. The summed E-state index contributed by atoms with van der Waals surface area (Å²) < 4.78 is 0. The Morgan fingerprint density at radius 1 is 1.17 bits per heavy atom. The standard InChI is InChI=1S/C18H24N2O4/c1-2-15(21)20-14-8-6-7-13(11-14)16(22)19-12-18(17(23)24)9-4-3-5-10-18/h6-8,11H,2-5,9-10,12H2,1H3,(H,19,22)(H,20,21)(H,23,24). The lowest BCUT2D eigenvalue weighted by Gasteiger charge is -2.33. The predicted molar refractivity (Wildman–Crippen MR) is 90.8 cm³/mol. The summed E-state index contributed by atoms with van der Waals surface area (Å²) in [7, 11) is 0. The fourth-order valence-corrected chi connectivity index (χ4v) is 3.03. The molecule has 6 nitrogen and oxygen atoms in total. The lowest BCUT2D eigenvalue weighted by molar-refractivity contribution is -0.150. The Labute approximate surface area is 141 Å². The van der Waals surface area contributed by atoms with Gasteiger partial charge in [0, 0.05) is 24.2 Å². The van der Waals surface area contributed by atoms with Crippen LogP contribution in [0.1, 0.15) is 55.8 Å². The number of hydrogen-bond donors (Lipinski definition) is 3. The fraction of sp³-hybridized carbons (Fsp3) is 0.500. The smallest absolute Gasteiger partial charge is 0.311 e. The van der Waals surface area contributed by atoms with Crippen molar-refractivity contribution in [3.63, 3.8) is 0 Å². The van der Waals surface area contributed by atoms with Crippen molar-refractivity contribution in [1.82, 2.24) is 5.32 Å². The number of anilines is 1. The van der Waals surface area contributed by atoms with Crippen LogP contribution in [0.3, 0.4) is 0 Å². The Morgan fingerprint density at radius 2 is 1.88 bits per heavy atom. The van der Waals surface area contributed by atoms with Gasteiger partial charge in [0.05, 0.1) is 5.41 Å². The molecule has 2 rings (SSSR count). The molecule has 24 heavy (non-hydrogen) atoms. The van der Waals surface area contributed by atoms with Crippen LogP contribution in [0.25, 0.3) is 0 Å². The fourth-order valence-electron chi connectivity index (χ4n) is 3.03. The van der Waals surface area contributed by atoms with Gasteiger partial charge in [0.1, 0.15) is 0 Å². The van der Waals surface area contributed by atoms with E-state index in [0.717, 1.165) is 19.3 Å². The molecule has 0 aliphatic heterocycles. The van der Waals surface area contributed by atoms with Gasteiger partial charge in [-0.25, -0.2) is 0 Å². The number of carbonyl (C=O) groups excluding carboxylic acids is 2. The summed E-state index contributed by atoms with van der Waals surface area (Å²) >= 11 is 0. The molecule has 2 amide bonds. The zero-order valence-corrected chi connectivity index (χ0v) is 13.9. The van der Waals surface area contributed by atoms with Gasteiger partial charge in [-0.1, -0.05) is 32.3 Å². The zero-order chi connectivity index (χ0) is 17.6. The first-order chi connectivity index (χ1) is 11.5. The summed E-state index contributed by atoms with van der Waals surface area (Å²) in [6, 6.07) is 6.64. The summed E-state index contributed by atoms with van der Waals surface area (Å²) in [5.74, 6) is -1.29. The van der Waals surface area contributed by atoms with E-state index in [9.17, 15) is 19.5 Å². The van der Waals surface area contributed by atoms with Crippen molar-refractivity contribution >= 4 is 23.5 Å². The Morgan fingerprint density at radius 3 is 2.50 bits per heavy atom. The molecule has 0 bridgehead atoms. The molecule has 130 valence electrons. The zero-order valence-electron chi connectivity index (χ0n) is 13.9. The van der Waals surface area contributed by atoms with Crippen molar-refractivity contribution in [2.24, 2.45) is 5.41 Å². The first kappa shape index (κ1) is 18.0. The van der Waals surface area contributed by atoms with E-state index in [-0.39, 0.29) is 18.4 Å². The average Bonchev–Trinajstić information content (AvgIpc) is 2.60. The van der Waals surface area contributed by atoms with Gasteiger partial charge < -0.3 is 15.7 Å². The third kappa shape index (κ3) is 4.34. The van der Waals surface area contributed by atoms with Crippen LogP contribution in [0.4, 0.5) is 5.69 Å². The molecule has 6 heteroatoms. The van der Waals surface area contributed by atoms with E-state index in [0.29, 0.717) is 30.5 Å². The molecule has 0 atom stereocenters. The minimum atomic E-state index is -0.859. The van der Waals surface area contributed by atoms with Crippen molar-refractivity contribution in [3.05, 3.63) is 29.8 Å². The Kier molecular flexibility index (Phi) is 5.95.